The van der Waals surface area contributed by atoms with E-state index in [9.17, 15) is 4.79 Å². The molecule has 7 heteroatoms. The number of amides is 1. The molecule has 0 bridgehead atoms. The highest BCUT2D eigenvalue weighted by Crippen LogP contribution is 2.63. The number of hydrogen-bond acceptors (Lipinski definition) is 5. The average Bonchev–Trinajstić information content (AvgIpc) is 3.05. The number of nitrogens with zero attached hydrogens (tertiary/aromatic N) is 2. The van der Waals surface area contributed by atoms with Gasteiger partial charge >= 0.3 is 0 Å². The molecule has 2 aromatic rings. The molecule has 2 fully saturated rings. The molecule has 25 heavy (non-hydrogen) atoms. The molecule has 134 valence electrons. The van der Waals surface area contributed by atoms with Gasteiger partial charge in [0.1, 0.15) is 0 Å². The molecular formula is C18H23ClN4O2. The summed E-state index contributed by atoms with van der Waals surface area (Å²) in [6.45, 7) is 4.15. The van der Waals surface area contributed by atoms with Crippen molar-refractivity contribution in [3.05, 3.63) is 41.5 Å². The van der Waals surface area contributed by atoms with E-state index in [1.165, 1.54) is 12.8 Å². The van der Waals surface area contributed by atoms with Crippen LogP contribution in [-0.2, 0) is 11.2 Å². The van der Waals surface area contributed by atoms with Crippen LogP contribution in [0.3, 0.4) is 0 Å². The summed E-state index contributed by atoms with van der Waals surface area (Å²) in [7, 11) is 0. The number of hydrogen-bond donors (Lipinski definition) is 2. The number of rotatable bonds is 4. The quantitative estimate of drug-likeness (QED) is 0.874. The van der Waals surface area contributed by atoms with Crippen LogP contribution in [0, 0.1) is 12.3 Å². The minimum atomic E-state index is -0.126. The summed E-state index contributed by atoms with van der Waals surface area (Å²) in [5.74, 6) is 1.42. The molecule has 4 rings (SSSR count). The first-order valence-electron chi connectivity index (χ1n) is 8.54. The van der Waals surface area contributed by atoms with Crippen molar-refractivity contribution in [2.75, 3.05) is 18.4 Å². The number of aryl methyl sites for hydroxylation is 1. The number of carbonyl (C=O) groups excluding carboxylic acids is 1. The van der Waals surface area contributed by atoms with E-state index in [0.717, 1.165) is 30.8 Å². The minimum Gasteiger partial charge on any atom is -0.339 e. The van der Waals surface area contributed by atoms with E-state index >= 15 is 0 Å². The summed E-state index contributed by atoms with van der Waals surface area (Å²) >= 11 is 0. The first-order valence-corrected chi connectivity index (χ1v) is 8.54. The van der Waals surface area contributed by atoms with Crippen molar-refractivity contribution in [1.82, 2.24) is 15.5 Å². The fourth-order valence-electron chi connectivity index (χ4n) is 3.64. The van der Waals surface area contributed by atoms with Crippen molar-refractivity contribution in [3.8, 4) is 0 Å². The predicted octanol–water partition coefficient (Wildman–Crippen LogP) is 2.84. The molecule has 1 spiro atoms. The van der Waals surface area contributed by atoms with Gasteiger partial charge in [0.25, 0.3) is 0 Å². The largest absolute Gasteiger partial charge is 0.339 e. The molecular weight excluding hydrogens is 340 g/mol. The molecule has 1 saturated carbocycles. The van der Waals surface area contributed by atoms with Gasteiger partial charge in [-0.1, -0.05) is 22.9 Å². The Hall–Kier alpha value is -1.92. The van der Waals surface area contributed by atoms with E-state index < -0.39 is 0 Å². The molecule has 1 atom stereocenters. The molecule has 1 aliphatic heterocycles. The number of aromatic nitrogens is 2. The zero-order chi connectivity index (χ0) is 16.6. The zero-order valence-electron chi connectivity index (χ0n) is 14.2. The third-order valence-corrected chi connectivity index (χ3v) is 5.22. The van der Waals surface area contributed by atoms with Gasteiger partial charge in [-0.3, -0.25) is 4.79 Å². The Labute approximate surface area is 153 Å². The molecule has 0 radical (unpaired) electrons. The Balaban J connectivity index is 0.00000182. The van der Waals surface area contributed by atoms with Crippen molar-refractivity contribution >= 4 is 24.0 Å². The lowest BCUT2D eigenvalue weighted by molar-refractivity contribution is -0.115. The maximum atomic E-state index is 12.1. The molecule has 6 nitrogen and oxygen atoms in total. The Morgan fingerprint density at radius 3 is 2.76 bits per heavy atom. The second kappa shape index (κ2) is 7.14. The third kappa shape index (κ3) is 3.85. The molecule has 1 aromatic carbocycles. The van der Waals surface area contributed by atoms with E-state index in [0.29, 0.717) is 23.0 Å². The second-order valence-corrected chi connectivity index (χ2v) is 7.01. The van der Waals surface area contributed by atoms with Gasteiger partial charge in [0.2, 0.25) is 11.8 Å². The Kier molecular flexibility index (Phi) is 5.11. The summed E-state index contributed by atoms with van der Waals surface area (Å²) in [6.07, 6.45) is 3.61. The van der Waals surface area contributed by atoms with Crippen molar-refractivity contribution in [1.29, 1.82) is 0 Å². The molecule has 1 amide bonds. The van der Waals surface area contributed by atoms with Gasteiger partial charge < -0.3 is 15.2 Å². The maximum Gasteiger partial charge on any atom is 0.232 e. The Bertz CT molecular complexity index is 738. The topological polar surface area (TPSA) is 80.0 Å². The fourth-order valence-corrected chi connectivity index (χ4v) is 3.64. The Morgan fingerprint density at radius 1 is 1.32 bits per heavy atom. The number of benzene rings is 1. The van der Waals surface area contributed by atoms with Crippen LogP contribution in [-0.4, -0.2) is 29.1 Å². The van der Waals surface area contributed by atoms with Gasteiger partial charge in [-0.15, -0.1) is 12.4 Å². The van der Waals surface area contributed by atoms with Crippen LogP contribution in [0.5, 0.6) is 0 Å². The summed E-state index contributed by atoms with van der Waals surface area (Å²) in [5, 5.41) is 10.2. The minimum absolute atomic E-state index is 0. The summed E-state index contributed by atoms with van der Waals surface area (Å²) < 4.78 is 5.42. The van der Waals surface area contributed by atoms with Crippen LogP contribution in [0.2, 0.25) is 0 Å². The van der Waals surface area contributed by atoms with Crippen LogP contribution < -0.4 is 10.6 Å². The SMILES string of the molecule is Cc1ccc(NC(=O)Cc2noc(C3CC34CCNCC4)n2)cc1.Cl. The number of nitrogens with one attached hydrogen (secondary N) is 2. The lowest BCUT2D eigenvalue weighted by atomic mass is 9.92. The van der Waals surface area contributed by atoms with E-state index in [4.69, 9.17) is 4.52 Å². The zero-order valence-corrected chi connectivity index (χ0v) is 15.1. The monoisotopic (exact) mass is 362 g/mol. The number of halogens is 1. The van der Waals surface area contributed by atoms with Gasteiger partial charge in [0.15, 0.2) is 5.82 Å². The maximum absolute atomic E-state index is 12.1. The summed E-state index contributed by atoms with van der Waals surface area (Å²) in [5.41, 5.74) is 2.30. The number of piperidine rings is 1. The lowest BCUT2D eigenvalue weighted by Crippen LogP contribution is -2.29. The van der Waals surface area contributed by atoms with Crippen molar-refractivity contribution in [2.24, 2.45) is 5.41 Å². The highest BCUT2D eigenvalue weighted by Gasteiger charge is 2.57. The van der Waals surface area contributed by atoms with Gasteiger partial charge in [-0.05, 0) is 56.8 Å². The molecule has 1 unspecified atom stereocenters. The lowest BCUT2D eigenvalue weighted by Gasteiger charge is -2.22. The first-order chi connectivity index (χ1) is 11.6. The van der Waals surface area contributed by atoms with Gasteiger partial charge in [-0.25, -0.2) is 0 Å². The first kappa shape index (κ1) is 17.9. The predicted molar refractivity (Wildman–Crippen MR) is 97.0 cm³/mol. The average molecular weight is 363 g/mol. The van der Waals surface area contributed by atoms with Crippen LogP contribution >= 0.6 is 12.4 Å². The number of carbonyl (C=O) groups is 1. The smallest absolute Gasteiger partial charge is 0.232 e. The van der Waals surface area contributed by atoms with Crippen LogP contribution in [0.1, 0.15) is 42.5 Å². The molecule has 1 saturated heterocycles. The van der Waals surface area contributed by atoms with Gasteiger partial charge in [0.05, 0.1) is 6.42 Å². The third-order valence-electron chi connectivity index (χ3n) is 5.22. The molecule has 1 aliphatic carbocycles. The molecule has 2 N–H and O–H groups in total. The van der Waals surface area contributed by atoms with Gasteiger partial charge in [-0.2, -0.15) is 4.98 Å². The number of anilines is 1. The van der Waals surface area contributed by atoms with Crippen molar-refractivity contribution in [2.45, 2.75) is 38.5 Å². The molecule has 1 aromatic heterocycles. The fraction of sp³-hybridized carbons (Fsp3) is 0.500. The summed E-state index contributed by atoms with van der Waals surface area (Å²) in [4.78, 5) is 16.6. The molecule has 2 heterocycles. The highest BCUT2D eigenvalue weighted by molar-refractivity contribution is 5.91. The summed E-state index contributed by atoms with van der Waals surface area (Å²) in [6, 6.07) is 7.71. The van der Waals surface area contributed by atoms with E-state index in [-0.39, 0.29) is 24.7 Å². The van der Waals surface area contributed by atoms with E-state index in [1.54, 1.807) is 0 Å². The second-order valence-electron chi connectivity index (χ2n) is 7.01. The van der Waals surface area contributed by atoms with Gasteiger partial charge in [0, 0.05) is 11.6 Å². The molecule has 2 aliphatic rings. The van der Waals surface area contributed by atoms with Crippen molar-refractivity contribution in [3.63, 3.8) is 0 Å². The van der Waals surface area contributed by atoms with E-state index in [2.05, 4.69) is 20.8 Å². The highest BCUT2D eigenvalue weighted by atomic mass is 35.5. The van der Waals surface area contributed by atoms with Crippen LogP contribution in [0.4, 0.5) is 5.69 Å². The van der Waals surface area contributed by atoms with E-state index in [1.807, 2.05) is 31.2 Å². The standard InChI is InChI=1S/C18H22N4O2.ClH/c1-12-2-4-13(5-3-12)20-16(23)10-15-21-17(24-22-15)14-11-18(14)6-8-19-9-7-18;/h2-5,14,19H,6-11H2,1H3,(H,20,23);1H. The van der Waals surface area contributed by atoms with Crippen molar-refractivity contribution < 1.29 is 9.32 Å². The Morgan fingerprint density at radius 2 is 2.04 bits per heavy atom. The van der Waals surface area contributed by atoms with Crippen LogP contribution in [0.25, 0.3) is 0 Å². The normalized spacial score (nSPS) is 20.8. The van der Waals surface area contributed by atoms with Crippen LogP contribution in [0.15, 0.2) is 28.8 Å².